The summed E-state index contributed by atoms with van der Waals surface area (Å²) in [7, 11) is 0. The highest BCUT2D eigenvalue weighted by Crippen LogP contribution is 2.44. The van der Waals surface area contributed by atoms with Crippen LogP contribution in [0.4, 0.5) is 4.79 Å². The highest BCUT2D eigenvalue weighted by atomic mass is 16.5. The summed E-state index contributed by atoms with van der Waals surface area (Å²) in [6.45, 7) is 2.47. The van der Waals surface area contributed by atoms with Crippen LogP contribution in [0.3, 0.4) is 0 Å². The fraction of sp³-hybridized carbons (Fsp3) is 0.444. The number of carboxylic acid groups (broad SMARTS) is 1. The van der Waals surface area contributed by atoms with Gasteiger partial charge in [-0.1, -0.05) is 55.0 Å². The zero-order valence-electron chi connectivity index (χ0n) is 19.5. The normalized spacial score (nSPS) is 19.7. The van der Waals surface area contributed by atoms with Crippen LogP contribution in [0, 0.1) is 11.8 Å². The van der Waals surface area contributed by atoms with Gasteiger partial charge in [-0.15, -0.1) is 0 Å². The second-order valence-electron chi connectivity index (χ2n) is 9.35. The summed E-state index contributed by atoms with van der Waals surface area (Å²) in [5.74, 6) is -1.05. The van der Waals surface area contributed by atoms with Crippen LogP contribution in [0.5, 0.6) is 0 Å². The molecular formula is C27H32N2O5. The maximum atomic E-state index is 12.7. The number of rotatable bonds is 9. The Morgan fingerprint density at radius 3 is 2.32 bits per heavy atom. The minimum absolute atomic E-state index is 0.00967. The van der Waals surface area contributed by atoms with Crippen molar-refractivity contribution in [1.82, 2.24) is 10.6 Å². The SMILES string of the molecule is CC(CCC(=O)O)NC(=O)[C@H]1CCC[C@H]1CNC(=O)OCC1c2ccccc2-c2ccccc21. The Balaban J connectivity index is 1.27. The van der Waals surface area contributed by atoms with Gasteiger partial charge in [0.2, 0.25) is 5.91 Å². The highest BCUT2D eigenvalue weighted by molar-refractivity contribution is 5.80. The molecule has 3 N–H and O–H groups in total. The van der Waals surface area contributed by atoms with Gasteiger partial charge in [-0.2, -0.15) is 0 Å². The average molecular weight is 465 g/mol. The molecule has 1 saturated carbocycles. The predicted octanol–water partition coefficient (Wildman–Crippen LogP) is 4.31. The lowest BCUT2D eigenvalue weighted by molar-refractivity contribution is -0.137. The van der Waals surface area contributed by atoms with E-state index in [0.717, 1.165) is 19.3 Å². The number of amides is 2. The molecule has 7 nitrogen and oxygen atoms in total. The van der Waals surface area contributed by atoms with Crippen LogP contribution in [-0.4, -0.2) is 42.3 Å². The maximum absolute atomic E-state index is 12.7. The van der Waals surface area contributed by atoms with Crippen molar-refractivity contribution in [2.45, 2.75) is 51.0 Å². The lowest BCUT2D eigenvalue weighted by Crippen LogP contribution is -2.41. The molecule has 0 aliphatic heterocycles. The van der Waals surface area contributed by atoms with Crippen LogP contribution < -0.4 is 10.6 Å². The fourth-order valence-electron chi connectivity index (χ4n) is 5.25. The number of ether oxygens (including phenoxy) is 1. The van der Waals surface area contributed by atoms with Crippen LogP contribution in [0.1, 0.15) is 56.1 Å². The van der Waals surface area contributed by atoms with Gasteiger partial charge >= 0.3 is 12.1 Å². The Morgan fingerprint density at radius 2 is 1.68 bits per heavy atom. The van der Waals surface area contributed by atoms with Crippen molar-refractivity contribution in [1.29, 1.82) is 0 Å². The molecule has 1 unspecified atom stereocenters. The van der Waals surface area contributed by atoms with Crippen LogP contribution in [-0.2, 0) is 14.3 Å². The van der Waals surface area contributed by atoms with E-state index in [1.54, 1.807) is 0 Å². The molecule has 0 bridgehead atoms. The van der Waals surface area contributed by atoms with E-state index in [4.69, 9.17) is 9.84 Å². The molecule has 2 aromatic carbocycles. The Kier molecular flexibility index (Phi) is 7.50. The van der Waals surface area contributed by atoms with E-state index in [1.165, 1.54) is 22.3 Å². The van der Waals surface area contributed by atoms with Crippen LogP contribution in [0.2, 0.25) is 0 Å². The summed E-state index contributed by atoms with van der Waals surface area (Å²) < 4.78 is 5.61. The number of benzene rings is 2. The molecule has 2 aromatic rings. The first-order valence-electron chi connectivity index (χ1n) is 12.0. The summed E-state index contributed by atoms with van der Waals surface area (Å²) in [5, 5.41) is 14.6. The summed E-state index contributed by atoms with van der Waals surface area (Å²) in [5.41, 5.74) is 4.70. The summed E-state index contributed by atoms with van der Waals surface area (Å²) >= 11 is 0. The first-order valence-corrected chi connectivity index (χ1v) is 12.0. The number of fused-ring (bicyclic) bond motifs is 3. The fourth-order valence-corrected chi connectivity index (χ4v) is 5.25. The minimum atomic E-state index is -0.868. The Labute approximate surface area is 199 Å². The third-order valence-corrected chi connectivity index (χ3v) is 7.03. The van der Waals surface area contributed by atoms with Crippen molar-refractivity contribution >= 4 is 18.0 Å². The largest absolute Gasteiger partial charge is 0.481 e. The Morgan fingerprint density at radius 1 is 1.03 bits per heavy atom. The second-order valence-corrected chi connectivity index (χ2v) is 9.35. The number of aliphatic carboxylic acids is 1. The van der Waals surface area contributed by atoms with Gasteiger partial charge in [-0.3, -0.25) is 9.59 Å². The molecule has 2 aliphatic carbocycles. The van der Waals surface area contributed by atoms with Crippen LogP contribution >= 0.6 is 0 Å². The number of carbonyl (C=O) groups is 3. The highest BCUT2D eigenvalue weighted by Gasteiger charge is 2.34. The molecule has 180 valence electrons. The topological polar surface area (TPSA) is 105 Å². The average Bonchev–Trinajstić information content (AvgIpc) is 3.43. The molecule has 2 aliphatic rings. The van der Waals surface area contributed by atoms with Crippen molar-refractivity contribution in [2.75, 3.05) is 13.2 Å². The Hall–Kier alpha value is -3.35. The van der Waals surface area contributed by atoms with Gasteiger partial charge in [0.15, 0.2) is 0 Å². The minimum Gasteiger partial charge on any atom is -0.481 e. The van der Waals surface area contributed by atoms with E-state index in [0.29, 0.717) is 13.0 Å². The van der Waals surface area contributed by atoms with Crippen molar-refractivity contribution < 1.29 is 24.2 Å². The van der Waals surface area contributed by atoms with Gasteiger partial charge in [-0.25, -0.2) is 4.79 Å². The lowest BCUT2D eigenvalue weighted by atomic mass is 9.94. The van der Waals surface area contributed by atoms with Crippen LogP contribution in [0.15, 0.2) is 48.5 Å². The second kappa shape index (κ2) is 10.7. The first-order chi connectivity index (χ1) is 16.4. The summed E-state index contributed by atoms with van der Waals surface area (Å²) in [6, 6.07) is 16.2. The zero-order valence-corrected chi connectivity index (χ0v) is 19.5. The molecule has 0 saturated heterocycles. The summed E-state index contributed by atoms with van der Waals surface area (Å²) in [6.07, 6.45) is 2.52. The van der Waals surface area contributed by atoms with Gasteiger partial charge in [0.05, 0.1) is 0 Å². The molecule has 4 rings (SSSR count). The van der Waals surface area contributed by atoms with Crippen molar-refractivity contribution in [3.63, 3.8) is 0 Å². The number of nitrogens with one attached hydrogen (secondary N) is 2. The van der Waals surface area contributed by atoms with Crippen molar-refractivity contribution in [3.05, 3.63) is 59.7 Å². The first kappa shape index (κ1) is 23.8. The van der Waals surface area contributed by atoms with E-state index in [1.807, 2.05) is 31.2 Å². The zero-order chi connectivity index (χ0) is 24.1. The van der Waals surface area contributed by atoms with Gasteiger partial charge in [0.1, 0.15) is 6.61 Å². The van der Waals surface area contributed by atoms with Crippen molar-refractivity contribution in [2.24, 2.45) is 11.8 Å². The molecule has 2 amide bonds. The van der Waals surface area contributed by atoms with E-state index in [9.17, 15) is 14.4 Å². The smallest absolute Gasteiger partial charge is 0.407 e. The molecule has 1 fully saturated rings. The number of carboxylic acids is 1. The molecule has 0 radical (unpaired) electrons. The third-order valence-electron chi connectivity index (χ3n) is 7.03. The molecule has 0 heterocycles. The third kappa shape index (κ3) is 5.41. The number of alkyl carbamates (subject to hydrolysis) is 1. The molecule has 0 spiro atoms. The maximum Gasteiger partial charge on any atom is 0.407 e. The summed E-state index contributed by atoms with van der Waals surface area (Å²) in [4.78, 5) is 35.9. The van der Waals surface area contributed by atoms with Gasteiger partial charge < -0.3 is 20.5 Å². The number of hydrogen-bond acceptors (Lipinski definition) is 4. The Bertz CT molecular complexity index is 1010. The standard InChI is InChI=1S/C27H32N2O5/c1-17(13-14-25(30)31)29-26(32)19-12-6-7-18(19)15-28-27(33)34-16-24-22-10-4-2-8-20(22)21-9-3-5-11-23(21)24/h2-5,8-11,17-19,24H,6-7,12-16H2,1H3,(H,28,33)(H,29,32)(H,30,31)/t17?,18-,19-/m0/s1. The van der Waals surface area contributed by atoms with E-state index in [-0.39, 0.29) is 42.7 Å². The van der Waals surface area contributed by atoms with E-state index >= 15 is 0 Å². The number of carbonyl (C=O) groups excluding carboxylic acids is 2. The lowest BCUT2D eigenvalue weighted by Gasteiger charge is -2.22. The van der Waals surface area contributed by atoms with E-state index in [2.05, 4.69) is 34.9 Å². The van der Waals surface area contributed by atoms with Gasteiger partial charge in [-0.05, 0) is 54.4 Å². The van der Waals surface area contributed by atoms with Gasteiger partial charge in [0, 0.05) is 30.8 Å². The van der Waals surface area contributed by atoms with Crippen molar-refractivity contribution in [3.8, 4) is 11.1 Å². The quantitative estimate of drug-likeness (QED) is 0.513. The molecule has 0 aromatic heterocycles. The van der Waals surface area contributed by atoms with Crippen LogP contribution in [0.25, 0.3) is 11.1 Å². The molecule has 34 heavy (non-hydrogen) atoms. The number of hydrogen-bond donors (Lipinski definition) is 3. The molecular weight excluding hydrogens is 432 g/mol. The molecule has 7 heteroatoms. The van der Waals surface area contributed by atoms with E-state index < -0.39 is 12.1 Å². The predicted molar refractivity (Wildman–Crippen MR) is 128 cm³/mol. The monoisotopic (exact) mass is 464 g/mol. The van der Waals surface area contributed by atoms with Gasteiger partial charge in [0.25, 0.3) is 0 Å². The molecule has 3 atom stereocenters.